The molecular formula is C19H32N2. The Hall–Kier alpha value is -1.02. The van der Waals surface area contributed by atoms with Crippen molar-refractivity contribution in [1.29, 1.82) is 0 Å². The molecule has 2 nitrogen and oxygen atoms in total. The Morgan fingerprint density at radius 2 is 1.71 bits per heavy atom. The first-order valence-electron chi connectivity index (χ1n) is 8.71. The van der Waals surface area contributed by atoms with Crippen LogP contribution in [0.1, 0.15) is 52.9 Å². The lowest BCUT2D eigenvalue weighted by Crippen LogP contribution is -2.45. The van der Waals surface area contributed by atoms with Crippen LogP contribution in [0.5, 0.6) is 0 Å². The summed E-state index contributed by atoms with van der Waals surface area (Å²) >= 11 is 0. The molecule has 0 radical (unpaired) electrons. The molecule has 1 unspecified atom stereocenters. The van der Waals surface area contributed by atoms with Crippen molar-refractivity contribution in [2.24, 2.45) is 5.92 Å². The van der Waals surface area contributed by atoms with Gasteiger partial charge in [-0.2, -0.15) is 0 Å². The zero-order valence-electron chi connectivity index (χ0n) is 14.0. The fourth-order valence-corrected chi connectivity index (χ4v) is 3.26. The molecule has 1 saturated heterocycles. The lowest BCUT2D eigenvalue weighted by Gasteiger charge is -2.35. The predicted molar refractivity (Wildman–Crippen MR) is 93.0 cm³/mol. The maximum Gasteiger partial charge on any atom is 0.0366 e. The summed E-state index contributed by atoms with van der Waals surface area (Å²) < 4.78 is 0. The highest BCUT2D eigenvalue weighted by Crippen LogP contribution is 2.20. The number of benzene rings is 1. The Labute approximate surface area is 130 Å². The van der Waals surface area contributed by atoms with Crippen molar-refractivity contribution in [1.82, 2.24) is 5.32 Å². The van der Waals surface area contributed by atoms with Crippen LogP contribution in [-0.2, 0) is 0 Å². The monoisotopic (exact) mass is 288 g/mol. The van der Waals surface area contributed by atoms with Crippen LogP contribution in [0.25, 0.3) is 0 Å². The van der Waals surface area contributed by atoms with Gasteiger partial charge in [-0.05, 0) is 44.2 Å². The molecule has 0 aliphatic carbocycles. The molecule has 1 aromatic carbocycles. The van der Waals surface area contributed by atoms with Crippen molar-refractivity contribution in [2.45, 2.75) is 65.0 Å². The fourth-order valence-electron chi connectivity index (χ4n) is 3.26. The minimum absolute atomic E-state index is 0.664. The molecule has 0 amide bonds. The van der Waals surface area contributed by atoms with Gasteiger partial charge in [0.25, 0.3) is 0 Å². The molecule has 2 heteroatoms. The molecule has 1 N–H and O–H groups in total. The number of nitrogens with one attached hydrogen (secondary N) is 1. The Morgan fingerprint density at radius 3 is 2.33 bits per heavy atom. The largest absolute Gasteiger partial charge is 0.371 e. The highest BCUT2D eigenvalue weighted by Gasteiger charge is 2.20. The van der Waals surface area contributed by atoms with E-state index in [0.717, 1.165) is 5.92 Å². The van der Waals surface area contributed by atoms with Gasteiger partial charge >= 0.3 is 0 Å². The molecule has 0 aromatic heterocycles. The van der Waals surface area contributed by atoms with Gasteiger partial charge in [-0.3, -0.25) is 0 Å². The molecule has 1 aliphatic heterocycles. The van der Waals surface area contributed by atoms with E-state index in [1.807, 2.05) is 0 Å². The van der Waals surface area contributed by atoms with Crippen LogP contribution >= 0.6 is 0 Å². The van der Waals surface area contributed by atoms with Gasteiger partial charge in [-0.1, -0.05) is 44.9 Å². The topological polar surface area (TPSA) is 15.3 Å². The van der Waals surface area contributed by atoms with Gasteiger partial charge in [0.15, 0.2) is 0 Å². The summed E-state index contributed by atoms with van der Waals surface area (Å²) in [7, 11) is 0. The van der Waals surface area contributed by atoms with Crippen LogP contribution in [0.2, 0.25) is 0 Å². The molecule has 1 atom stereocenters. The summed E-state index contributed by atoms with van der Waals surface area (Å²) in [5, 5.41) is 3.84. The van der Waals surface area contributed by atoms with Gasteiger partial charge in [0.2, 0.25) is 0 Å². The summed E-state index contributed by atoms with van der Waals surface area (Å²) in [6.07, 6.45) is 6.57. The number of para-hydroxylation sites is 1. The fraction of sp³-hybridized carbons (Fsp3) is 0.684. The third-order valence-electron chi connectivity index (χ3n) is 4.56. The molecule has 21 heavy (non-hydrogen) atoms. The maximum atomic E-state index is 3.84. The number of anilines is 1. The van der Waals surface area contributed by atoms with E-state index in [9.17, 15) is 0 Å². The lowest BCUT2D eigenvalue weighted by atomic mass is 10.0. The van der Waals surface area contributed by atoms with Gasteiger partial charge in [0, 0.05) is 30.9 Å². The van der Waals surface area contributed by atoms with Gasteiger partial charge in [-0.15, -0.1) is 0 Å². The molecule has 1 fully saturated rings. The van der Waals surface area contributed by atoms with E-state index in [4.69, 9.17) is 0 Å². The smallest absolute Gasteiger partial charge is 0.0366 e. The lowest BCUT2D eigenvalue weighted by molar-refractivity contribution is 0.356. The van der Waals surface area contributed by atoms with E-state index in [0.29, 0.717) is 12.1 Å². The Balaban J connectivity index is 1.67. The maximum absolute atomic E-state index is 3.84. The van der Waals surface area contributed by atoms with Crippen LogP contribution in [0.15, 0.2) is 30.3 Å². The highest BCUT2D eigenvalue weighted by molar-refractivity contribution is 5.46. The SMILES string of the molecule is CC(C)CCCC(C)NC1CCN(c2ccccc2)CC1. The van der Waals surface area contributed by atoms with Crippen LogP contribution in [0.4, 0.5) is 5.69 Å². The van der Waals surface area contributed by atoms with Crippen molar-refractivity contribution in [2.75, 3.05) is 18.0 Å². The normalized spacial score (nSPS) is 18.2. The van der Waals surface area contributed by atoms with Gasteiger partial charge < -0.3 is 10.2 Å². The summed E-state index contributed by atoms with van der Waals surface area (Å²) in [5.41, 5.74) is 1.38. The Kier molecular flexibility index (Phi) is 6.56. The standard InChI is InChI=1S/C19H32N2/c1-16(2)8-7-9-17(3)20-18-12-14-21(15-13-18)19-10-5-4-6-11-19/h4-6,10-11,16-18,20H,7-9,12-15H2,1-3H3. The van der Waals surface area contributed by atoms with Crippen molar-refractivity contribution >= 4 is 5.69 Å². The molecule has 1 aliphatic rings. The van der Waals surface area contributed by atoms with Crippen molar-refractivity contribution in [3.63, 3.8) is 0 Å². The van der Waals surface area contributed by atoms with E-state index in [1.165, 1.54) is 50.9 Å². The molecule has 0 spiro atoms. The first kappa shape index (κ1) is 16.4. The second kappa shape index (κ2) is 8.43. The van der Waals surface area contributed by atoms with Crippen molar-refractivity contribution < 1.29 is 0 Å². The zero-order valence-corrected chi connectivity index (χ0v) is 14.0. The minimum atomic E-state index is 0.664. The molecular weight excluding hydrogens is 256 g/mol. The average Bonchev–Trinajstić information content (AvgIpc) is 2.48. The van der Waals surface area contributed by atoms with Crippen molar-refractivity contribution in [3.05, 3.63) is 30.3 Å². The number of piperidine rings is 1. The minimum Gasteiger partial charge on any atom is -0.371 e. The molecule has 0 bridgehead atoms. The van der Waals surface area contributed by atoms with E-state index in [1.54, 1.807) is 0 Å². The second-order valence-electron chi connectivity index (χ2n) is 6.99. The molecule has 118 valence electrons. The van der Waals surface area contributed by atoms with Crippen LogP contribution < -0.4 is 10.2 Å². The van der Waals surface area contributed by atoms with Gasteiger partial charge in [0.05, 0.1) is 0 Å². The molecule has 1 heterocycles. The molecule has 0 saturated carbocycles. The predicted octanol–water partition coefficient (Wildman–Crippen LogP) is 4.46. The van der Waals surface area contributed by atoms with E-state index in [2.05, 4.69) is 61.3 Å². The van der Waals surface area contributed by atoms with Crippen molar-refractivity contribution in [3.8, 4) is 0 Å². The highest BCUT2D eigenvalue weighted by atomic mass is 15.1. The molecule has 1 aromatic rings. The number of hydrogen-bond acceptors (Lipinski definition) is 2. The number of rotatable bonds is 7. The summed E-state index contributed by atoms with van der Waals surface area (Å²) in [4.78, 5) is 2.52. The second-order valence-corrected chi connectivity index (χ2v) is 6.99. The first-order valence-corrected chi connectivity index (χ1v) is 8.71. The third kappa shape index (κ3) is 5.70. The van der Waals surface area contributed by atoms with E-state index < -0.39 is 0 Å². The van der Waals surface area contributed by atoms with E-state index >= 15 is 0 Å². The zero-order chi connectivity index (χ0) is 15.1. The van der Waals surface area contributed by atoms with Crippen LogP contribution in [0.3, 0.4) is 0 Å². The number of nitrogens with zero attached hydrogens (tertiary/aromatic N) is 1. The van der Waals surface area contributed by atoms with E-state index in [-0.39, 0.29) is 0 Å². The van der Waals surface area contributed by atoms with Gasteiger partial charge in [-0.25, -0.2) is 0 Å². The first-order chi connectivity index (χ1) is 10.1. The van der Waals surface area contributed by atoms with Gasteiger partial charge in [0.1, 0.15) is 0 Å². The average molecular weight is 288 g/mol. The Morgan fingerprint density at radius 1 is 1.05 bits per heavy atom. The summed E-state index contributed by atoms with van der Waals surface area (Å²) in [5.74, 6) is 0.839. The Bertz CT molecular complexity index is 380. The quantitative estimate of drug-likeness (QED) is 0.797. The van der Waals surface area contributed by atoms with Crippen LogP contribution in [0, 0.1) is 5.92 Å². The summed E-state index contributed by atoms with van der Waals surface area (Å²) in [6.45, 7) is 9.35. The third-order valence-corrected chi connectivity index (χ3v) is 4.56. The van der Waals surface area contributed by atoms with Crippen LogP contribution in [-0.4, -0.2) is 25.2 Å². The molecule has 2 rings (SSSR count). The summed E-state index contributed by atoms with van der Waals surface area (Å²) in [6, 6.07) is 12.2. The number of hydrogen-bond donors (Lipinski definition) is 1.